The lowest BCUT2D eigenvalue weighted by atomic mass is 9.93. The molecule has 10 aromatic carbocycles. The van der Waals surface area contributed by atoms with E-state index in [1.165, 1.54) is 0 Å². The lowest BCUT2D eigenvalue weighted by molar-refractivity contribution is 0.485. The summed E-state index contributed by atoms with van der Waals surface area (Å²) in [5.41, 5.74) is 9.51. The Morgan fingerprint density at radius 1 is 0.347 bits per heavy atom. The molecular weight excluding hydrogens is 952 g/mol. The van der Waals surface area contributed by atoms with Crippen LogP contribution in [0, 0.1) is 0 Å². The van der Waals surface area contributed by atoms with Crippen molar-refractivity contribution in [3.63, 3.8) is 0 Å². The van der Waals surface area contributed by atoms with Crippen LogP contribution < -0.4 is 43.5 Å². The second-order valence-electron chi connectivity index (χ2n) is 17.7. The Labute approximate surface area is 418 Å². The average molecular weight is 995 g/mol. The Hall–Kier alpha value is -8.15. The van der Waals surface area contributed by atoms with Crippen molar-refractivity contribution in [3.05, 3.63) is 255 Å². The number of fused-ring (bicyclic) bond motifs is 3. The molecular formula is C60H43N3O6P3+. The van der Waals surface area contributed by atoms with Gasteiger partial charge in [-0.1, -0.05) is 127 Å². The summed E-state index contributed by atoms with van der Waals surface area (Å²) in [7, 11) is -11.0. The summed E-state index contributed by atoms with van der Waals surface area (Å²) in [6.45, 7) is 0. The largest absolute Gasteiger partial charge is 0.456 e. The molecule has 3 atom stereocenters. The van der Waals surface area contributed by atoms with Crippen LogP contribution in [0.4, 0.5) is 34.1 Å². The summed E-state index contributed by atoms with van der Waals surface area (Å²) < 4.78 is 56.4. The smallest absolute Gasteiger partial charge is 0.423 e. The first kappa shape index (κ1) is 43.8. The monoisotopic (exact) mass is 994 g/mol. The van der Waals surface area contributed by atoms with E-state index in [4.69, 9.17) is 13.6 Å². The highest BCUT2D eigenvalue weighted by atomic mass is 31.2. The first-order valence-electron chi connectivity index (χ1n) is 23.5. The molecule has 0 aromatic heterocycles. The zero-order chi connectivity index (χ0) is 48.4. The topological polar surface area (TPSA) is 91.8 Å². The zero-order valence-corrected chi connectivity index (χ0v) is 41.1. The maximum absolute atomic E-state index is 15.6. The Balaban J connectivity index is 0.962. The molecule has 3 unspecified atom stereocenters. The van der Waals surface area contributed by atoms with Crippen LogP contribution in [0.1, 0.15) is 0 Å². The highest BCUT2D eigenvalue weighted by molar-refractivity contribution is 7.76. The first-order chi connectivity index (χ1) is 35.3. The van der Waals surface area contributed by atoms with Crippen LogP contribution in [0.15, 0.2) is 255 Å². The first-order valence-corrected chi connectivity index (χ1v) is 28.3. The van der Waals surface area contributed by atoms with E-state index in [1.54, 1.807) is 0 Å². The van der Waals surface area contributed by atoms with Crippen LogP contribution in [0.2, 0.25) is 0 Å². The predicted molar refractivity (Wildman–Crippen MR) is 293 cm³/mol. The summed E-state index contributed by atoms with van der Waals surface area (Å²) >= 11 is 0. The molecule has 0 amide bonds. The molecule has 10 aromatic rings. The van der Waals surface area contributed by atoms with Gasteiger partial charge in [0.15, 0.2) is 16.8 Å². The number of para-hydroxylation sites is 9. The predicted octanol–water partition coefficient (Wildman–Crippen LogP) is 15.4. The molecule has 3 aliphatic rings. The molecule has 13 rings (SSSR count). The fourth-order valence-electron chi connectivity index (χ4n) is 9.89. The minimum atomic E-state index is -3.75. The van der Waals surface area contributed by atoms with Gasteiger partial charge < -0.3 is 9.05 Å². The quantitative estimate of drug-likeness (QED) is 0.142. The molecule has 72 heavy (non-hydrogen) atoms. The molecule has 12 heteroatoms. The molecule has 0 aliphatic carbocycles. The molecule has 0 saturated carbocycles. The third-order valence-corrected chi connectivity index (χ3v) is 20.3. The highest BCUT2D eigenvalue weighted by Gasteiger charge is 2.58. The van der Waals surface area contributed by atoms with Crippen molar-refractivity contribution in [2.75, 3.05) is 14.0 Å². The molecule has 3 aliphatic heterocycles. The molecule has 1 N–H and O–H groups in total. The third-order valence-electron chi connectivity index (χ3n) is 13.2. The van der Waals surface area contributed by atoms with Crippen LogP contribution in [0.25, 0.3) is 33.4 Å². The van der Waals surface area contributed by atoms with Crippen molar-refractivity contribution in [2.24, 2.45) is 0 Å². The van der Waals surface area contributed by atoms with E-state index in [0.717, 1.165) is 67.5 Å². The molecule has 0 spiro atoms. The number of nitrogens with zero attached hydrogens (tertiary/aromatic N) is 3. The van der Waals surface area contributed by atoms with Crippen molar-refractivity contribution < 1.29 is 27.6 Å². The summed E-state index contributed by atoms with van der Waals surface area (Å²) in [6.07, 6.45) is 0. The van der Waals surface area contributed by atoms with Gasteiger partial charge in [-0.3, -0.25) is 13.9 Å². The normalized spacial score (nSPS) is 19.4. The second kappa shape index (κ2) is 17.3. The molecule has 3 heterocycles. The SMILES string of the molecule is O=P1(c2cccc(-c3cc(-c4cccc(P5(=O)Oc6ccccc6N5c5ccccc5)c4)cc(-c4cccc([P+]5(O)Oc6ccccc6N5c5ccccc5)c4)c3)c2)Oc2ccccc2N1c1ccccc1. The van der Waals surface area contributed by atoms with Crippen LogP contribution in [-0.2, 0) is 9.13 Å². The van der Waals surface area contributed by atoms with E-state index in [1.807, 2.05) is 251 Å². The number of rotatable bonds is 9. The fraction of sp³-hybridized carbons (Fsp3) is 0. The summed E-state index contributed by atoms with van der Waals surface area (Å²) in [5.74, 6) is 1.69. The summed E-state index contributed by atoms with van der Waals surface area (Å²) in [5, 5.41) is 1.68. The minimum absolute atomic E-state index is 0.527. The molecule has 9 nitrogen and oxygen atoms in total. The van der Waals surface area contributed by atoms with Crippen molar-refractivity contribution >= 4 is 72.9 Å². The van der Waals surface area contributed by atoms with Crippen LogP contribution in [-0.4, -0.2) is 4.89 Å². The Morgan fingerprint density at radius 2 is 0.736 bits per heavy atom. The van der Waals surface area contributed by atoms with E-state index in [2.05, 4.69) is 18.2 Å². The Morgan fingerprint density at radius 3 is 1.22 bits per heavy atom. The van der Waals surface area contributed by atoms with Gasteiger partial charge in [-0.15, -0.1) is 0 Å². The van der Waals surface area contributed by atoms with E-state index >= 15 is 9.13 Å². The standard InChI is InChI=1S/C60H43N3O6P3/c64-70(61(49-22-4-1-5-23-49)55-31-10-13-34-58(55)67-70)52-28-16-19-43(40-52)46-37-47(44-20-17-29-53(41-44)71(65)62(50-24-6-2-7-25-50)56-32-11-14-35-59(56)68-71)39-48(38-46)45-21-18-30-54(42-45)72(66)63(51-26-8-3-9-27-51)57-33-12-15-36-60(57)69-72/h1-42,64H/q+1. The maximum atomic E-state index is 15.6. The molecule has 0 fully saturated rings. The lowest BCUT2D eigenvalue weighted by Crippen LogP contribution is -2.26. The van der Waals surface area contributed by atoms with Gasteiger partial charge in [-0.05, 0) is 161 Å². The highest BCUT2D eigenvalue weighted by Crippen LogP contribution is 2.70. The number of hydrogen-bond donors (Lipinski definition) is 1. The van der Waals surface area contributed by atoms with Crippen molar-refractivity contribution in [2.45, 2.75) is 0 Å². The molecule has 0 saturated heterocycles. The van der Waals surface area contributed by atoms with Crippen molar-refractivity contribution in [1.29, 1.82) is 0 Å². The Kier molecular flexibility index (Phi) is 10.5. The van der Waals surface area contributed by atoms with Crippen LogP contribution in [0.3, 0.4) is 0 Å². The van der Waals surface area contributed by atoms with E-state index in [9.17, 15) is 4.89 Å². The molecule has 0 bridgehead atoms. The number of anilines is 6. The number of hydrogen-bond acceptors (Lipinski definition) is 7. The Bertz CT molecular complexity index is 3650. The van der Waals surface area contributed by atoms with Gasteiger partial charge in [0.1, 0.15) is 5.69 Å². The van der Waals surface area contributed by atoms with Crippen molar-refractivity contribution in [1.82, 2.24) is 0 Å². The average Bonchev–Trinajstić information content (AvgIpc) is 4.06. The van der Waals surface area contributed by atoms with Crippen molar-refractivity contribution in [3.8, 4) is 50.6 Å². The van der Waals surface area contributed by atoms with Gasteiger partial charge in [0.05, 0.1) is 39.0 Å². The van der Waals surface area contributed by atoms with Gasteiger partial charge in [0.2, 0.25) is 5.75 Å². The lowest BCUT2D eigenvalue weighted by Gasteiger charge is -2.25. The summed E-state index contributed by atoms with van der Waals surface area (Å²) in [6, 6.07) is 81.8. The fourth-order valence-corrected chi connectivity index (χ4v) is 16.8. The van der Waals surface area contributed by atoms with Gasteiger partial charge in [0, 0.05) is 0 Å². The van der Waals surface area contributed by atoms with E-state index in [0.29, 0.717) is 33.2 Å². The van der Waals surface area contributed by atoms with Crippen LogP contribution in [0.5, 0.6) is 17.2 Å². The molecule has 348 valence electrons. The van der Waals surface area contributed by atoms with E-state index < -0.39 is 22.9 Å². The summed E-state index contributed by atoms with van der Waals surface area (Å²) in [4.78, 5) is 12.9. The number of benzene rings is 10. The minimum Gasteiger partial charge on any atom is -0.423 e. The van der Waals surface area contributed by atoms with Gasteiger partial charge in [-0.25, -0.2) is 9.13 Å². The van der Waals surface area contributed by atoms with Gasteiger partial charge in [0.25, 0.3) is 0 Å². The maximum Gasteiger partial charge on any atom is 0.456 e. The van der Waals surface area contributed by atoms with E-state index in [-0.39, 0.29) is 0 Å². The zero-order valence-electron chi connectivity index (χ0n) is 38.4. The second-order valence-corrected chi connectivity index (χ2v) is 24.1. The van der Waals surface area contributed by atoms with Gasteiger partial charge in [-0.2, -0.15) is 9.56 Å². The third kappa shape index (κ3) is 7.24. The molecule has 0 radical (unpaired) electrons. The van der Waals surface area contributed by atoms with Crippen LogP contribution >= 0.6 is 22.9 Å². The van der Waals surface area contributed by atoms with Gasteiger partial charge >= 0.3 is 22.9 Å².